The predicted molar refractivity (Wildman–Crippen MR) is 73.6 cm³/mol. The van der Waals surface area contributed by atoms with Gasteiger partial charge in [0.25, 0.3) is 0 Å². The van der Waals surface area contributed by atoms with Gasteiger partial charge < -0.3 is 10.1 Å². The third kappa shape index (κ3) is 4.74. The first-order chi connectivity index (χ1) is 7.74. The van der Waals surface area contributed by atoms with Gasteiger partial charge in [0.15, 0.2) is 0 Å². The van der Waals surface area contributed by atoms with Crippen LogP contribution in [-0.4, -0.2) is 24.2 Å². The van der Waals surface area contributed by atoms with E-state index < -0.39 is 0 Å². The van der Waals surface area contributed by atoms with Gasteiger partial charge in [-0.3, -0.25) is 0 Å². The normalized spacial score (nSPS) is 13.1. The molecule has 1 aromatic heterocycles. The van der Waals surface area contributed by atoms with Crippen LogP contribution in [0.15, 0.2) is 5.38 Å². The molecule has 0 aromatic carbocycles. The second-order valence-electron chi connectivity index (χ2n) is 6.06. The van der Waals surface area contributed by atoms with Crippen LogP contribution in [0, 0.1) is 0 Å². The summed E-state index contributed by atoms with van der Waals surface area (Å²) in [6.45, 7) is 12.3. The van der Waals surface area contributed by atoms with E-state index >= 15 is 0 Å². The van der Waals surface area contributed by atoms with E-state index in [2.05, 4.69) is 50.3 Å². The fraction of sp³-hybridized carbons (Fsp3) is 0.769. The number of hydrogen-bond donors (Lipinski definition) is 1. The lowest BCUT2D eigenvalue weighted by atomic mass is 9.98. The smallest absolute Gasteiger partial charge is 0.0982 e. The largest absolute Gasteiger partial charge is 0.383 e. The van der Waals surface area contributed by atoms with Crippen LogP contribution in [0.1, 0.15) is 45.3 Å². The van der Waals surface area contributed by atoms with Gasteiger partial charge in [0.2, 0.25) is 0 Å². The molecule has 3 nitrogen and oxygen atoms in total. The molecule has 1 heterocycles. The van der Waals surface area contributed by atoms with Crippen LogP contribution in [0.25, 0.3) is 0 Å². The number of nitrogens with one attached hydrogen (secondary N) is 1. The van der Waals surface area contributed by atoms with Gasteiger partial charge in [-0.15, -0.1) is 11.3 Å². The summed E-state index contributed by atoms with van der Waals surface area (Å²) < 4.78 is 5.17. The van der Waals surface area contributed by atoms with Crippen molar-refractivity contribution in [3.05, 3.63) is 16.1 Å². The summed E-state index contributed by atoms with van der Waals surface area (Å²) in [5.74, 6) is 0. The Morgan fingerprint density at radius 1 is 1.29 bits per heavy atom. The first-order valence-corrected chi connectivity index (χ1v) is 6.81. The molecule has 0 amide bonds. The van der Waals surface area contributed by atoms with Crippen molar-refractivity contribution in [2.24, 2.45) is 0 Å². The summed E-state index contributed by atoms with van der Waals surface area (Å²) in [4.78, 5) is 4.66. The molecule has 0 unspecified atom stereocenters. The quantitative estimate of drug-likeness (QED) is 0.879. The average molecular weight is 256 g/mol. The minimum absolute atomic E-state index is 0.0136. The second-order valence-corrected chi connectivity index (χ2v) is 6.92. The number of hydrogen-bond acceptors (Lipinski definition) is 4. The van der Waals surface area contributed by atoms with Crippen molar-refractivity contribution >= 4 is 11.3 Å². The van der Waals surface area contributed by atoms with Crippen LogP contribution in [-0.2, 0) is 16.7 Å². The van der Waals surface area contributed by atoms with Gasteiger partial charge in [0.05, 0.1) is 17.3 Å². The van der Waals surface area contributed by atoms with Crippen molar-refractivity contribution in [1.82, 2.24) is 10.3 Å². The van der Waals surface area contributed by atoms with Gasteiger partial charge in [-0.1, -0.05) is 20.8 Å². The lowest BCUT2D eigenvalue weighted by Gasteiger charge is -2.24. The Morgan fingerprint density at radius 3 is 2.41 bits per heavy atom. The first kappa shape index (κ1) is 14.6. The van der Waals surface area contributed by atoms with Crippen LogP contribution >= 0.6 is 11.3 Å². The fourth-order valence-corrected chi connectivity index (χ4v) is 2.38. The van der Waals surface area contributed by atoms with Gasteiger partial charge in [-0.05, 0) is 13.8 Å². The molecular weight excluding hydrogens is 232 g/mol. The summed E-state index contributed by atoms with van der Waals surface area (Å²) >= 11 is 1.74. The number of ether oxygens (including phenoxy) is 1. The highest BCUT2D eigenvalue weighted by molar-refractivity contribution is 7.09. The highest BCUT2D eigenvalue weighted by atomic mass is 32.1. The number of methoxy groups -OCH3 is 1. The van der Waals surface area contributed by atoms with Crippen molar-refractivity contribution < 1.29 is 4.74 Å². The predicted octanol–water partition coefficient (Wildman–Crippen LogP) is 2.96. The first-order valence-electron chi connectivity index (χ1n) is 5.93. The Bertz CT molecular complexity index is 353. The standard InChI is InChI=1S/C13H24N2OS/c1-12(2,3)11-15-10(8-17-11)7-14-13(4,5)9-16-6/h8,14H,7,9H2,1-6H3. The molecule has 0 aliphatic rings. The molecule has 0 radical (unpaired) electrons. The van der Waals surface area contributed by atoms with E-state index in [-0.39, 0.29) is 11.0 Å². The summed E-state index contributed by atoms with van der Waals surface area (Å²) in [6, 6.07) is 0. The highest BCUT2D eigenvalue weighted by Crippen LogP contribution is 2.25. The monoisotopic (exact) mass is 256 g/mol. The Kier molecular flexibility index (Phi) is 4.69. The molecule has 0 saturated carbocycles. The van der Waals surface area contributed by atoms with E-state index in [0.29, 0.717) is 6.61 Å². The maximum atomic E-state index is 5.17. The van der Waals surface area contributed by atoms with Gasteiger partial charge in [0, 0.05) is 30.0 Å². The molecule has 0 saturated heterocycles. The molecular formula is C13H24N2OS. The highest BCUT2D eigenvalue weighted by Gasteiger charge is 2.20. The lowest BCUT2D eigenvalue weighted by molar-refractivity contribution is 0.127. The number of aromatic nitrogens is 1. The van der Waals surface area contributed by atoms with Crippen LogP contribution in [0.5, 0.6) is 0 Å². The fourth-order valence-electron chi connectivity index (χ4n) is 1.47. The van der Waals surface area contributed by atoms with Crippen LogP contribution in [0.3, 0.4) is 0 Å². The maximum Gasteiger partial charge on any atom is 0.0982 e. The van der Waals surface area contributed by atoms with Gasteiger partial charge in [-0.2, -0.15) is 0 Å². The molecule has 98 valence electrons. The molecule has 1 N–H and O–H groups in total. The second kappa shape index (κ2) is 5.46. The van der Waals surface area contributed by atoms with Crippen LogP contribution in [0.2, 0.25) is 0 Å². The van der Waals surface area contributed by atoms with Crippen molar-refractivity contribution in [3.63, 3.8) is 0 Å². The minimum Gasteiger partial charge on any atom is -0.383 e. The summed E-state index contributed by atoms with van der Waals surface area (Å²) in [6.07, 6.45) is 0. The van der Waals surface area contributed by atoms with E-state index in [9.17, 15) is 0 Å². The molecule has 0 aliphatic heterocycles. The molecule has 1 aromatic rings. The molecule has 0 bridgehead atoms. The Labute approximate surface area is 109 Å². The van der Waals surface area contributed by atoms with Crippen LogP contribution < -0.4 is 5.32 Å². The van der Waals surface area contributed by atoms with Crippen molar-refractivity contribution in [2.45, 2.75) is 52.1 Å². The van der Waals surface area contributed by atoms with E-state index in [1.165, 1.54) is 5.01 Å². The summed E-state index contributed by atoms with van der Waals surface area (Å²) in [5, 5.41) is 6.79. The number of nitrogens with zero attached hydrogens (tertiary/aromatic N) is 1. The zero-order chi connectivity index (χ0) is 13.1. The van der Waals surface area contributed by atoms with Gasteiger partial charge in [0.1, 0.15) is 0 Å². The zero-order valence-corrected chi connectivity index (χ0v) is 12.6. The molecule has 0 spiro atoms. The Balaban J connectivity index is 2.56. The van der Waals surface area contributed by atoms with Gasteiger partial charge >= 0.3 is 0 Å². The third-order valence-corrected chi connectivity index (χ3v) is 3.76. The van der Waals surface area contributed by atoms with E-state index in [1.54, 1.807) is 18.4 Å². The average Bonchev–Trinajstić information content (AvgIpc) is 2.62. The number of rotatable bonds is 5. The van der Waals surface area contributed by atoms with Crippen molar-refractivity contribution in [2.75, 3.05) is 13.7 Å². The molecule has 17 heavy (non-hydrogen) atoms. The minimum atomic E-state index is -0.0136. The van der Waals surface area contributed by atoms with Crippen molar-refractivity contribution in [3.8, 4) is 0 Å². The molecule has 0 fully saturated rings. The zero-order valence-electron chi connectivity index (χ0n) is 11.8. The Hall–Kier alpha value is -0.450. The van der Waals surface area contributed by atoms with Crippen molar-refractivity contribution in [1.29, 1.82) is 0 Å². The summed E-state index contributed by atoms with van der Waals surface area (Å²) in [5.41, 5.74) is 1.25. The maximum absolute atomic E-state index is 5.17. The van der Waals surface area contributed by atoms with E-state index in [1.807, 2.05) is 0 Å². The molecule has 1 rings (SSSR count). The number of thiazole rings is 1. The molecule has 0 atom stereocenters. The topological polar surface area (TPSA) is 34.1 Å². The molecule has 0 aliphatic carbocycles. The summed E-state index contributed by atoms with van der Waals surface area (Å²) in [7, 11) is 1.73. The Morgan fingerprint density at radius 2 is 1.94 bits per heavy atom. The van der Waals surface area contributed by atoms with E-state index in [4.69, 9.17) is 4.74 Å². The lowest BCUT2D eigenvalue weighted by Crippen LogP contribution is -2.42. The molecule has 4 heteroatoms. The SMILES string of the molecule is COCC(C)(C)NCc1csc(C(C)(C)C)n1. The third-order valence-electron chi connectivity index (χ3n) is 2.45. The van der Waals surface area contributed by atoms with Gasteiger partial charge in [-0.25, -0.2) is 4.98 Å². The van der Waals surface area contributed by atoms with Crippen LogP contribution in [0.4, 0.5) is 0 Å². The van der Waals surface area contributed by atoms with E-state index in [0.717, 1.165) is 12.2 Å².